The normalized spacial score (nSPS) is 11.7. The van der Waals surface area contributed by atoms with Gasteiger partial charge in [-0.2, -0.15) is 0 Å². The molecular formula is C12H16N2O4. The zero-order valence-electron chi connectivity index (χ0n) is 10.1. The number of rotatable bonds is 5. The molecule has 0 fully saturated rings. The van der Waals surface area contributed by atoms with Gasteiger partial charge in [0, 0.05) is 0 Å². The number of hydrogen-bond acceptors (Lipinski definition) is 5. The number of ether oxygens (including phenoxy) is 2. The number of carbonyl (C=O) groups excluding carboxylic acids is 2. The highest BCUT2D eigenvalue weighted by Crippen LogP contribution is 2.13. The third kappa shape index (κ3) is 4.42. The zero-order chi connectivity index (χ0) is 13.5. The molecule has 0 bridgehead atoms. The molecule has 0 heterocycles. The van der Waals surface area contributed by atoms with Crippen LogP contribution in [-0.4, -0.2) is 24.7 Å². The lowest BCUT2D eigenvalue weighted by Gasteiger charge is -2.08. The lowest BCUT2D eigenvalue weighted by atomic mass is 10.1. The van der Waals surface area contributed by atoms with Crippen LogP contribution < -0.4 is 16.2 Å². The third-order valence-corrected chi connectivity index (χ3v) is 2.21. The van der Waals surface area contributed by atoms with Crippen molar-refractivity contribution in [1.29, 1.82) is 0 Å². The second-order valence-electron chi connectivity index (χ2n) is 3.64. The Morgan fingerprint density at radius 3 is 2.39 bits per heavy atom. The second-order valence-corrected chi connectivity index (χ2v) is 3.64. The Bertz CT molecular complexity index is 417. The van der Waals surface area contributed by atoms with Crippen molar-refractivity contribution in [3.05, 3.63) is 29.8 Å². The molecule has 1 unspecified atom stereocenters. The molecule has 98 valence electrons. The molecule has 0 aliphatic carbocycles. The molecular weight excluding hydrogens is 236 g/mol. The Kier molecular flexibility index (Phi) is 5.13. The van der Waals surface area contributed by atoms with Crippen molar-refractivity contribution in [2.75, 3.05) is 6.61 Å². The molecule has 0 saturated heterocycles. The van der Waals surface area contributed by atoms with Crippen LogP contribution in [0.1, 0.15) is 12.5 Å². The number of nitrogens with two attached hydrogens (primary N) is 2. The number of carbonyl (C=O) groups is 2. The van der Waals surface area contributed by atoms with Crippen molar-refractivity contribution in [1.82, 2.24) is 0 Å². The number of amides is 1. The molecule has 1 aromatic carbocycles. The van der Waals surface area contributed by atoms with Crippen molar-refractivity contribution in [3.8, 4) is 5.75 Å². The van der Waals surface area contributed by atoms with Gasteiger partial charge < -0.3 is 20.9 Å². The Morgan fingerprint density at radius 1 is 1.28 bits per heavy atom. The van der Waals surface area contributed by atoms with E-state index in [1.807, 2.05) is 0 Å². The van der Waals surface area contributed by atoms with E-state index in [2.05, 4.69) is 4.74 Å². The largest absolute Gasteiger partial charge is 0.513 e. The van der Waals surface area contributed by atoms with E-state index in [0.717, 1.165) is 5.56 Å². The van der Waals surface area contributed by atoms with E-state index < -0.39 is 18.1 Å². The summed E-state index contributed by atoms with van der Waals surface area (Å²) >= 11 is 0. The minimum Gasteiger partial charge on any atom is -0.434 e. The summed E-state index contributed by atoms with van der Waals surface area (Å²) < 4.78 is 9.51. The van der Waals surface area contributed by atoms with Gasteiger partial charge in [0.05, 0.1) is 12.6 Å². The van der Waals surface area contributed by atoms with Gasteiger partial charge >= 0.3 is 6.16 Å². The lowest BCUT2D eigenvalue weighted by Crippen LogP contribution is -2.38. The van der Waals surface area contributed by atoms with Gasteiger partial charge in [0.2, 0.25) is 5.91 Å². The first kappa shape index (κ1) is 14.0. The molecule has 0 aliphatic heterocycles. The summed E-state index contributed by atoms with van der Waals surface area (Å²) in [6.07, 6.45) is -0.409. The summed E-state index contributed by atoms with van der Waals surface area (Å²) in [7, 11) is 0. The van der Waals surface area contributed by atoms with Crippen molar-refractivity contribution < 1.29 is 19.1 Å². The highest BCUT2D eigenvalue weighted by atomic mass is 16.7. The summed E-state index contributed by atoms with van der Waals surface area (Å²) in [5.41, 5.74) is 11.4. The van der Waals surface area contributed by atoms with Gasteiger partial charge in [-0.1, -0.05) is 12.1 Å². The topological polar surface area (TPSA) is 105 Å². The molecule has 1 amide bonds. The molecule has 0 saturated carbocycles. The van der Waals surface area contributed by atoms with Crippen molar-refractivity contribution in [2.45, 2.75) is 19.4 Å². The van der Waals surface area contributed by atoms with Gasteiger partial charge in [0.25, 0.3) is 0 Å². The Labute approximate surface area is 105 Å². The van der Waals surface area contributed by atoms with E-state index >= 15 is 0 Å². The first-order valence-corrected chi connectivity index (χ1v) is 5.51. The van der Waals surface area contributed by atoms with Gasteiger partial charge in [0.15, 0.2) is 0 Å². The lowest BCUT2D eigenvalue weighted by molar-refractivity contribution is -0.119. The van der Waals surface area contributed by atoms with Crippen LogP contribution in [0, 0.1) is 0 Å². The molecule has 18 heavy (non-hydrogen) atoms. The van der Waals surface area contributed by atoms with Crippen LogP contribution in [0.15, 0.2) is 24.3 Å². The van der Waals surface area contributed by atoms with Gasteiger partial charge in [-0.05, 0) is 31.0 Å². The van der Waals surface area contributed by atoms with E-state index in [1.54, 1.807) is 31.2 Å². The van der Waals surface area contributed by atoms with Crippen LogP contribution in [0.5, 0.6) is 5.75 Å². The third-order valence-electron chi connectivity index (χ3n) is 2.21. The standard InChI is InChI=1S/C12H16N2O4/c1-2-17-12(16)18-9-5-3-8(4-6-9)7-10(13)11(14)15/h3-6,10H,2,7,13H2,1H3,(H2,14,15). The summed E-state index contributed by atoms with van der Waals surface area (Å²) in [6, 6.07) is 5.89. The smallest absolute Gasteiger partial charge is 0.434 e. The van der Waals surface area contributed by atoms with E-state index in [4.69, 9.17) is 16.2 Å². The van der Waals surface area contributed by atoms with Gasteiger partial charge in [0.1, 0.15) is 5.75 Å². The summed E-state index contributed by atoms with van der Waals surface area (Å²) in [5, 5.41) is 0. The molecule has 1 rings (SSSR count). The fourth-order valence-corrected chi connectivity index (χ4v) is 1.29. The molecule has 0 radical (unpaired) electrons. The van der Waals surface area contributed by atoms with Crippen LogP contribution >= 0.6 is 0 Å². The molecule has 6 heteroatoms. The maximum Gasteiger partial charge on any atom is 0.513 e. The molecule has 0 spiro atoms. The zero-order valence-corrected chi connectivity index (χ0v) is 10.1. The van der Waals surface area contributed by atoms with Crippen molar-refractivity contribution in [3.63, 3.8) is 0 Å². The monoisotopic (exact) mass is 252 g/mol. The summed E-state index contributed by atoms with van der Waals surface area (Å²) in [6.45, 7) is 1.94. The van der Waals surface area contributed by atoms with Gasteiger partial charge in [-0.15, -0.1) is 0 Å². The Morgan fingerprint density at radius 2 is 1.89 bits per heavy atom. The maximum atomic E-state index is 11.0. The van der Waals surface area contributed by atoms with E-state index in [9.17, 15) is 9.59 Å². The fraction of sp³-hybridized carbons (Fsp3) is 0.333. The number of hydrogen-bond donors (Lipinski definition) is 2. The quantitative estimate of drug-likeness (QED) is 0.589. The summed E-state index contributed by atoms with van der Waals surface area (Å²) in [4.78, 5) is 21.8. The van der Waals surface area contributed by atoms with Crippen LogP contribution in [0.2, 0.25) is 0 Å². The molecule has 4 N–H and O–H groups in total. The molecule has 0 aromatic heterocycles. The van der Waals surface area contributed by atoms with E-state index in [1.165, 1.54) is 0 Å². The van der Waals surface area contributed by atoms with Crippen molar-refractivity contribution in [2.24, 2.45) is 11.5 Å². The SMILES string of the molecule is CCOC(=O)Oc1ccc(CC(N)C(N)=O)cc1. The fourth-order valence-electron chi connectivity index (χ4n) is 1.29. The minimum atomic E-state index is -0.751. The maximum absolute atomic E-state index is 11.0. The van der Waals surface area contributed by atoms with Crippen molar-refractivity contribution >= 4 is 12.1 Å². The van der Waals surface area contributed by atoms with E-state index in [0.29, 0.717) is 12.2 Å². The highest BCUT2D eigenvalue weighted by molar-refractivity contribution is 5.79. The first-order valence-electron chi connectivity index (χ1n) is 5.51. The van der Waals surface area contributed by atoms with Gasteiger partial charge in [-0.25, -0.2) is 4.79 Å². The first-order chi connectivity index (χ1) is 8.52. The van der Waals surface area contributed by atoms with Crippen LogP contribution in [0.3, 0.4) is 0 Å². The van der Waals surface area contributed by atoms with Crippen LogP contribution in [0.4, 0.5) is 4.79 Å². The predicted octanol–water partition coefficient (Wildman–Crippen LogP) is 0.577. The highest BCUT2D eigenvalue weighted by Gasteiger charge is 2.10. The molecule has 0 aliphatic rings. The number of primary amides is 1. The Balaban J connectivity index is 2.57. The van der Waals surface area contributed by atoms with Crippen LogP contribution in [0.25, 0.3) is 0 Å². The van der Waals surface area contributed by atoms with E-state index in [-0.39, 0.29) is 6.61 Å². The average Bonchev–Trinajstić information content (AvgIpc) is 2.31. The molecule has 1 aromatic rings. The molecule has 1 atom stereocenters. The average molecular weight is 252 g/mol. The second kappa shape index (κ2) is 6.61. The van der Waals surface area contributed by atoms with Crippen LogP contribution in [-0.2, 0) is 16.0 Å². The molecule has 6 nitrogen and oxygen atoms in total. The van der Waals surface area contributed by atoms with Gasteiger partial charge in [-0.3, -0.25) is 4.79 Å². The Hall–Kier alpha value is -2.08. The minimum absolute atomic E-state index is 0.254. The summed E-state index contributed by atoms with van der Waals surface area (Å²) in [5.74, 6) is -0.188. The number of benzene rings is 1. The predicted molar refractivity (Wildman–Crippen MR) is 65.0 cm³/mol.